The number of methoxy groups -OCH3 is 1. The van der Waals surface area contributed by atoms with E-state index in [1.54, 1.807) is 7.11 Å². The third-order valence-corrected chi connectivity index (χ3v) is 4.27. The number of benzene rings is 1. The largest absolute Gasteiger partial charge is 0.497 e. The highest BCUT2D eigenvalue weighted by atomic mass is 16.5. The third-order valence-electron chi connectivity index (χ3n) is 4.27. The van der Waals surface area contributed by atoms with Crippen LogP contribution in [0.4, 0.5) is 0 Å². The first-order valence-electron chi connectivity index (χ1n) is 7.66. The van der Waals surface area contributed by atoms with Crippen molar-refractivity contribution in [3.05, 3.63) is 29.3 Å². The van der Waals surface area contributed by atoms with Gasteiger partial charge >= 0.3 is 0 Å². The van der Waals surface area contributed by atoms with Crippen LogP contribution in [0.2, 0.25) is 0 Å². The molecule has 2 aliphatic heterocycles. The fourth-order valence-corrected chi connectivity index (χ4v) is 3.07. The molecule has 1 fully saturated rings. The molecule has 1 aromatic carbocycles. The van der Waals surface area contributed by atoms with E-state index in [0.29, 0.717) is 12.5 Å². The van der Waals surface area contributed by atoms with Crippen LogP contribution in [0.5, 0.6) is 11.5 Å². The molecule has 0 saturated carbocycles. The van der Waals surface area contributed by atoms with Gasteiger partial charge in [0.2, 0.25) is 0 Å². The smallest absolute Gasteiger partial charge is 0.253 e. The molecule has 118 valence electrons. The number of nitrogens with one attached hydrogen (secondary N) is 1. The molecule has 1 atom stereocenters. The number of carbonyl (C=O) groups excluding carboxylic acids is 1. The van der Waals surface area contributed by atoms with Crippen LogP contribution in [0.25, 0.3) is 6.08 Å². The van der Waals surface area contributed by atoms with Crippen molar-refractivity contribution in [2.45, 2.75) is 6.42 Å². The van der Waals surface area contributed by atoms with E-state index >= 15 is 0 Å². The molecule has 0 aromatic heterocycles. The molecule has 0 spiro atoms. The van der Waals surface area contributed by atoms with Crippen molar-refractivity contribution in [2.24, 2.45) is 5.92 Å². The molecule has 0 unspecified atom stereocenters. The van der Waals surface area contributed by atoms with E-state index in [-0.39, 0.29) is 5.91 Å². The molecule has 5 heteroatoms. The zero-order valence-electron chi connectivity index (χ0n) is 13.1. The van der Waals surface area contributed by atoms with Crippen LogP contribution in [0.15, 0.2) is 23.8 Å². The Morgan fingerprint density at radius 2 is 2.36 bits per heavy atom. The standard InChI is InChI=1S/C17H22N2O3/c1-18-9-12-5-6-19(10-12)17(20)14-7-13-3-4-15(21-2)8-16(13)22-11-14/h3-4,7-8,12,18H,5-6,9-11H2,1-2H3/t12-/m1/s1. The van der Waals surface area contributed by atoms with Crippen LogP contribution in [-0.2, 0) is 4.79 Å². The highest BCUT2D eigenvalue weighted by Crippen LogP contribution is 2.31. The molecule has 5 nitrogen and oxygen atoms in total. The molecular formula is C17H22N2O3. The van der Waals surface area contributed by atoms with Crippen LogP contribution in [-0.4, -0.2) is 51.2 Å². The minimum atomic E-state index is 0.0973. The van der Waals surface area contributed by atoms with Gasteiger partial charge in [-0.1, -0.05) is 0 Å². The second-order valence-electron chi connectivity index (χ2n) is 5.83. The summed E-state index contributed by atoms with van der Waals surface area (Å²) in [5.74, 6) is 2.18. The SMILES string of the molecule is CNC[C@H]1CCN(C(=O)C2=Cc3ccc(OC)cc3OC2)C1. The van der Waals surface area contributed by atoms with E-state index < -0.39 is 0 Å². The van der Waals surface area contributed by atoms with Crippen LogP contribution < -0.4 is 14.8 Å². The van der Waals surface area contributed by atoms with Crippen LogP contribution in [0.1, 0.15) is 12.0 Å². The molecule has 2 aliphatic rings. The second kappa shape index (κ2) is 6.40. The van der Waals surface area contributed by atoms with Gasteiger partial charge in [-0.2, -0.15) is 0 Å². The predicted molar refractivity (Wildman–Crippen MR) is 85.1 cm³/mol. The summed E-state index contributed by atoms with van der Waals surface area (Å²) in [7, 11) is 3.58. The summed E-state index contributed by atoms with van der Waals surface area (Å²) in [6, 6.07) is 5.66. The topological polar surface area (TPSA) is 50.8 Å². The number of hydrogen-bond acceptors (Lipinski definition) is 4. The number of fused-ring (bicyclic) bond motifs is 1. The summed E-state index contributed by atoms with van der Waals surface area (Å²) >= 11 is 0. The highest BCUT2D eigenvalue weighted by Gasteiger charge is 2.29. The second-order valence-corrected chi connectivity index (χ2v) is 5.83. The van der Waals surface area contributed by atoms with Crippen molar-refractivity contribution in [1.82, 2.24) is 10.2 Å². The highest BCUT2D eigenvalue weighted by molar-refractivity contribution is 5.99. The first-order valence-corrected chi connectivity index (χ1v) is 7.66. The summed E-state index contributed by atoms with van der Waals surface area (Å²) in [6.45, 7) is 2.94. The Balaban J connectivity index is 1.72. The summed E-state index contributed by atoms with van der Waals surface area (Å²) in [4.78, 5) is 14.6. The van der Waals surface area contributed by atoms with Gasteiger partial charge in [-0.05, 0) is 44.1 Å². The van der Waals surface area contributed by atoms with Gasteiger partial charge in [-0.25, -0.2) is 0 Å². The maximum Gasteiger partial charge on any atom is 0.253 e. The van der Waals surface area contributed by atoms with Gasteiger partial charge < -0.3 is 19.7 Å². The Hall–Kier alpha value is -2.01. The Kier molecular flexibility index (Phi) is 4.34. The zero-order valence-corrected chi connectivity index (χ0v) is 13.1. The molecule has 1 aromatic rings. The van der Waals surface area contributed by atoms with Crippen molar-refractivity contribution < 1.29 is 14.3 Å². The van der Waals surface area contributed by atoms with Crippen LogP contribution >= 0.6 is 0 Å². The van der Waals surface area contributed by atoms with Crippen LogP contribution in [0, 0.1) is 5.92 Å². The lowest BCUT2D eigenvalue weighted by atomic mass is 10.1. The molecular weight excluding hydrogens is 280 g/mol. The number of rotatable bonds is 4. The van der Waals surface area contributed by atoms with Crippen LogP contribution in [0.3, 0.4) is 0 Å². The van der Waals surface area contributed by atoms with Gasteiger partial charge in [0.05, 0.1) is 12.7 Å². The molecule has 1 N–H and O–H groups in total. The van der Waals surface area contributed by atoms with E-state index in [0.717, 1.165) is 48.7 Å². The average Bonchev–Trinajstić information content (AvgIpc) is 3.02. The molecule has 2 heterocycles. The number of ether oxygens (including phenoxy) is 2. The minimum Gasteiger partial charge on any atom is -0.497 e. The molecule has 0 aliphatic carbocycles. The van der Waals surface area contributed by atoms with Gasteiger partial charge in [-0.15, -0.1) is 0 Å². The van der Waals surface area contributed by atoms with Crippen molar-refractivity contribution in [3.63, 3.8) is 0 Å². The quantitative estimate of drug-likeness (QED) is 0.916. The Morgan fingerprint density at radius 1 is 1.50 bits per heavy atom. The third kappa shape index (κ3) is 2.95. The fourth-order valence-electron chi connectivity index (χ4n) is 3.07. The maximum atomic E-state index is 12.6. The molecule has 1 saturated heterocycles. The van der Waals surface area contributed by atoms with Crippen molar-refractivity contribution in [3.8, 4) is 11.5 Å². The Morgan fingerprint density at radius 3 is 3.14 bits per heavy atom. The lowest BCUT2D eigenvalue weighted by molar-refractivity contribution is -0.126. The first kappa shape index (κ1) is 14.9. The summed E-state index contributed by atoms with van der Waals surface area (Å²) < 4.78 is 10.9. The lowest BCUT2D eigenvalue weighted by Gasteiger charge is -2.22. The average molecular weight is 302 g/mol. The molecule has 1 amide bonds. The lowest BCUT2D eigenvalue weighted by Crippen LogP contribution is -2.33. The van der Waals surface area contributed by atoms with Gasteiger partial charge in [0.25, 0.3) is 5.91 Å². The number of carbonyl (C=O) groups is 1. The van der Waals surface area contributed by atoms with Gasteiger partial charge in [0, 0.05) is 24.7 Å². The summed E-state index contributed by atoms with van der Waals surface area (Å²) in [5, 5.41) is 3.18. The van der Waals surface area contributed by atoms with Gasteiger partial charge in [-0.3, -0.25) is 4.79 Å². The molecule has 3 rings (SSSR count). The van der Waals surface area contributed by atoms with Crippen molar-refractivity contribution >= 4 is 12.0 Å². The van der Waals surface area contributed by atoms with E-state index in [1.165, 1.54) is 0 Å². The molecule has 0 radical (unpaired) electrons. The summed E-state index contributed by atoms with van der Waals surface area (Å²) in [5.41, 5.74) is 1.66. The predicted octanol–water partition coefficient (Wildman–Crippen LogP) is 1.54. The Bertz CT molecular complexity index is 598. The zero-order chi connectivity index (χ0) is 15.5. The van der Waals surface area contributed by atoms with Crippen molar-refractivity contribution in [1.29, 1.82) is 0 Å². The van der Waals surface area contributed by atoms with Gasteiger partial charge in [0.15, 0.2) is 0 Å². The number of likely N-dealkylation sites (tertiary alicyclic amines) is 1. The van der Waals surface area contributed by atoms with E-state index in [4.69, 9.17) is 9.47 Å². The number of amides is 1. The van der Waals surface area contributed by atoms with E-state index in [2.05, 4.69) is 5.32 Å². The van der Waals surface area contributed by atoms with Gasteiger partial charge in [0.1, 0.15) is 18.1 Å². The maximum absolute atomic E-state index is 12.6. The fraction of sp³-hybridized carbons (Fsp3) is 0.471. The molecule has 22 heavy (non-hydrogen) atoms. The minimum absolute atomic E-state index is 0.0973. The number of nitrogens with zero attached hydrogens (tertiary/aromatic N) is 1. The van der Waals surface area contributed by atoms with E-state index in [1.807, 2.05) is 36.2 Å². The van der Waals surface area contributed by atoms with E-state index in [9.17, 15) is 4.79 Å². The first-order chi connectivity index (χ1) is 10.7. The molecule has 0 bridgehead atoms. The monoisotopic (exact) mass is 302 g/mol. The summed E-state index contributed by atoms with van der Waals surface area (Å²) in [6.07, 6.45) is 3.00. The normalized spacial score (nSPS) is 20.2. The Labute approximate surface area is 130 Å². The van der Waals surface area contributed by atoms with Crippen molar-refractivity contribution in [2.75, 3.05) is 40.4 Å². The number of hydrogen-bond donors (Lipinski definition) is 1.